The first-order valence-corrected chi connectivity index (χ1v) is 6.31. The molecule has 0 aliphatic carbocycles. The van der Waals surface area contributed by atoms with Gasteiger partial charge < -0.3 is 15.0 Å². The van der Waals surface area contributed by atoms with E-state index in [0.29, 0.717) is 18.4 Å². The average Bonchev–Trinajstić information content (AvgIpc) is 2.83. The molecule has 0 radical (unpaired) electrons. The molecule has 0 amide bonds. The van der Waals surface area contributed by atoms with Crippen molar-refractivity contribution in [3.05, 3.63) is 11.7 Å². The van der Waals surface area contributed by atoms with Crippen LogP contribution >= 0.6 is 0 Å². The third-order valence-electron chi connectivity index (χ3n) is 3.62. The molecule has 5 heteroatoms. The van der Waals surface area contributed by atoms with Crippen molar-refractivity contribution < 1.29 is 9.26 Å². The number of aryl methyl sites for hydroxylation is 1. The minimum absolute atomic E-state index is 0.141. The fourth-order valence-corrected chi connectivity index (χ4v) is 2.46. The van der Waals surface area contributed by atoms with Gasteiger partial charge in [0.15, 0.2) is 5.82 Å². The van der Waals surface area contributed by atoms with E-state index in [2.05, 4.69) is 30.9 Å². The monoisotopic (exact) mass is 239 g/mol. The predicted molar refractivity (Wildman–Crippen MR) is 63.6 cm³/mol. The summed E-state index contributed by atoms with van der Waals surface area (Å²) in [6.07, 6.45) is 2.06. The lowest BCUT2D eigenvalue weighted by atomic mass is 9.89. The number of hydrogen-bond donors (Lipinski definition) is 1. The van der Waals surface area contributed by atoms with Crippen LogP contribution in [0.4, 0.5) is 0 Å². The Bertz CT molecular complexity index is 366. The summed E-state index contributed by atoms with van der Waals surface area (Å²) in [5.74, 6) is 2.09. The van der Waals surface area contributed by atoms with Crippen LogP contribution in [-0.4, -0.2) is 28.9 Å². The Labute approximate surface area is 102 Å². The third-order valence-corrected chi connectivity index (χ3v) is 3.62. The fourth-order valence-electron chi connectivity index (χ4n) is 2.46. The quantitative estimate of drug-likeness (QED) is 0.861. The molecule has 17 heavy (non-hydrogen) atoms. The van der Waals surface area contributed by atoms with Crippen LogP contribution in [-0.2, 0) is 11.2 Å². The van der Waals surface area contributed by atoms with Gasteiger partial charge in [0.1, 0.15) is 0 Å². The van der Waals surface area contributed by atoms with Gasteiger partial charge in [0.05, 0.1) is 18.1 Å². The van der Waals surface area contributed by atoms with Gasteiger partial charge in [-0.15, -0.1) is 0 Å². The van der Waals surface area contributed by atoms with Crippen LogP contribution in [0.3, 0.4) is 0 Å². The second-order valence-corrected chi connectivity index (χ2v) is 4.87. The Morgan fingerprint density at radius 1 is 1.24 bits per heavy atom. The van der Waals surface area contributed by atoms with E-state index in [-0.39, 0.29) is 18.1 Å². The molecule has 2 heterocycles. The van der Waals surface area contributed by atoms with Crippen molar-refractivity contribution in [2.75, 3.05) is 6.54 Å². The molecule has 0 spiro atoms. The van der Waals surface area contributed by atoms with E-state index in [4.69, 9.17) is 15.0 Å². The largest absolute Gasteiger partial charge is 0.374 e. The maximum atomic E-state index is 5.78. The summed E-state index contributed by atoms with van der Waals surface area (Å²) in [6, 6.07) is 0. The summed E-state index contributed by atoms with van der Waals surface area (Å²) >= 11 is 0. The van der Waals surface area contributed by atoms with Gasteiger partial charge in [-0.05, 0) is 32.7 Å². The van der Waals surface area contributed by atoms with Gasteiger partial charge in [-0.3, -0.25) is 0 Å². The highest BCUT2D eigenvalue weighted by Gasteiger charge is 2.41. The lowest BCUT2D eigenvalue weighted by Crippen LogP contribution is -2.15. The highest BCUT2D eigenvalue weighted by molar-refractivity contribution is 5.03. The molecular weight excluding hydrogens is 218 g/mol. The first kappa shape index (κ1) is 12.5. The number of hydrogen-bond acceptors (Lipinski definition) is 5. The molecule has 0 bridgehead atoms. The van der Waals surface area contributed by atoms with Crippen molar-refractivity contribution >= 4 is 0 Å². The molecule has 5 nitrogen and oxygen atoms in total. The van der Waals surface area contributed by atoms with Gasteiger partial charge in [-0.2, -0.15) is 4.98 Å². The molecule has 1 aliphatic heterocycles. The molecule has 1 saturated heterocycles. The van der Waals surface area contributed by atoms with E-state index in [1.165, 1.54) is 0 Å². The molecule has 4 atom stereocenters. The van der Waals surface area contributed by atoms with Crippen LogP contribution in [0.2, 0.25) is 0 Å². The van der Waals surface area contributed by atoms with Crippen molar-refractivity contribution in [3.8, 4) is 0 Å². The third kappa shape index (κ3) is 2.50. The Kier molecular flexibility index (Phi) is 3.79. The number of nitrogens with zero attached hydrogens (tertiary/aromatic N) is 2. The average molecular weight is 239 g/mol. The molecule has 0 aromatic carbocycles. The lowest BCUT2D eigenvalue weighted by molar-refractivity contribution is 0.0542. The zero-order valence-corrected chi connectivity index (χ0v) is 10.7. The maximum absolute atomic E-state index is 5.78. The van der Waals surface area contributed by atoms with Crippen molar-refractivity contribution in [1.29, 1.82) is 0 Å². The Hall–Kier alpha value is -0.940. The molecule has 1 aromatic heterocycles. The smallest absolute Gasteiger partial charge is 0.232 e. The second kappa shape index (κ2) is 5.14. The highest BCUT2D eigenvalue weighted by atomic mass is 16.5. The maximum Gasteiger partial charge on any atom is 0.232 e. The van der Waals surface area contributed by atoms with Crippen molar-refractivity contribution in [3.63, 3.8) is 0 Å². The van der Waals surface area contributed by atoms with Crippen molar-refractivity contribution in [2.24, 2.45) is 11.7 Å². The molecule has 96 valence electrons. The SMILES string of the molecule is CC1OC(C)C(c2nc(CCCN)no2)C1C. The molecule has 1 aromatic rings. The summed E-state index contributed by atoms with van der Waals surface area (Å²) in [5, 5.41) is 3.99. The van der Waals surface area contributed by atoms with E-state index in [9.17, 15) is 0 Å². The summed E-state index contributed by atoms with van der Waals surface area (Å²) < 4.78 is 11.1. The molecule has 1 fully saturated rings. The van der Waals surface area contributed by atoms with Crippen LogP contribution in [0.15, 0.2) is 4.52 Å². The molecule has 4 unspecified atom stereocenters. The van der Waals surface area contributed by atoms with Gasteiger partial charge in [0.25, 0.3) is 0 Å². The Morgan fingerprint density at radius 2 is 2.00 bits per heavy atom. The van der Waals surface area contributed by atoms with Gasteiger partial charge in [-0.1, -0.05) is 12.1 Å². The first-order chi connectivity index (χ1) is 8.13. The molecule has 2 N–H and O–H groups in total. The second-order valence-electron chi connectivity index (χ2n) is 4.87. The Balaban J connectivity index is 2.09. The summed E-state index contributed by atoms with van der Waals surface area (Å²) in [4.78, 5) is 4.45. The minimum Gasteiger partial charge on any atom is -0.374 e. The predicted octanol–water partition coefficient (Wildman–Crippen LogP) is 1.49. The summed E-state index contributed by atoms with van der Waals surface area (Å²) in [5.41, 5.74) is 5.46. The van der Waals surface area contributed by atoms with Crippen LogP contribution in [0.25, 0.3) is 0 Å². The standard InChI is InChI=1S/C12H21N3O2/c1-7-8(2)16-9(3)11(7)12-14-10(15-17-12)5-4-6-13/h7-9,11H,4-6,13H2,1-3H3. The number of ether oxygens (including phenoxy) is 1. The lowest BCUT2D eigenvalue weighted by Gasteiger charge is -2.12. The first-order valence-electron chi connectivity index (χ1n) is 6.31. The molecule has 2 rings (SSSR count). The minimum atomic E-state index is 0.141. The van der Waals surface area contributed by atoms with Crippen LogP contribution in [0, 0.1) is 5.92 Å². The molecular formula is C12H21N3O2. The fraction of sp³-hybridized carbons (Fsp3) is 0.833. The normalized spacial score (nSPS) is 33.2. The highest BCUT2D eigenvalue weighted by Crippen LogP contribution is 2.38. The number of nitrogens with two attached hydrogens (primary N) is 1. The van der Waals surface area contributed by atoms with E-state index in [0.717, 1.165) is 18.7 Å². The van der Waals surface area contributed by atoms with Gasteiger partial charge in [-0.25, -0.2) is 0 Å². The van der Waals surface area contributed by atoms with E-state index in [1.807, 2.05) is 0 Å². The number of rotatable bonds is 4. The van der Waals surface area contributed by atoms with Crippen LogP contribution in [0.5, 0.6) is 0 Å². The topological polar surface area (TPSA) is 74.2 Å². The van der Waals surface area contributed by atoms with Crippen molar-refractivity contribution in [1.82, 2.24) is 10.1 Å². The van der Waals surface area contributed by atoms with Gasteiger partial charge in [0.2, 0.25) is 5.89 Å². The number of aromatic nitrogens is 2. The van der Waals surface area contributed by atoms with Crippen LogP contribution < -0.4 is 5.73 Å². The van der Waals surface area contributed by atoms with E-state index >= 15 is 0 Å². The zero-order valence-electron chi connectivity index (χ0n) is 10.7. The van der Waals surface area contributed by atoms with Crippen LogP contribution in [0.1, 0.15) is 44.8 Å². The van der Waals surface area contributed by atoms with E-state index < -0.39 is 0 Å². The van der Waals surface area contributed by atoms with E-state index in [1.54, 1.807) is 0 Å². The Morgan fingerprint density at radius 3 is 2.59 bits per heavy atom. The summed E-state index contributed by atoms with van der Waals surface area (Å²) in [6.45, 7) is 6.98. The molecule has 1 aliphatic rings. The van der Waals surface area contributed by atoms with Crippen molar-refractivity contribution in [2.45, 2.75) is 51.7 Å². The summed E-state index contributed by atoms with van der Waals surface area (Å²) in [7, 11) is 0. The zero-order chi connectivity index (χ0) is 12.4. The van der Waals surface area contributed by atoms with Gasteiger partial charge in [0, 0.05) is 6.42 Å². The molecule has 0 saturated carbocycles. The van der Waals surface area contributed by atoms with Gasteiger partial charge >= 0.3 is 0 Å².